The molecule has 0 atom stereocenters. The van der Waals surface area contributed by atoms with Gasteiger partial charge in [-0.1, -0.05) is 18.2 Å². The van der Waals surface area contributed by atoms with Crippen LogP contribution < -0.4 is 0 Å². The Bertz CT molecular complexity index is 1380. The highest BCUT2D eigenvalue weighted by atomic mass is 19.4. The fourth-order valence-corrected chi connectivity index (χ4v) is 3.80. The summed E-state index contributed by atoms with van der Waals surface area (Å²) in [7, 11) is 0. The van der Waals surface area contributed by atoms with Crippen LogP contribution in [0.25, 0.3) is 33.3 Å². The minimum atomic E-state index is -4.30. The van der Waals surface area contributed by atoms with E-state index in [4.69, 9.17) is 0 Å². The van der Waals surface area contributed by atoms with Gasteiger partial charge in [-0.2, -0.15) is 23.5 Å². The molecule has 9 heteroatoms. The van der Waals surface area contributed by atoms with Gasteiger partial charge in [-0.25, -0.2) is 9.37 Å². The Labute approximate surface area is 180 Å². The van der Waals surface area contributed by atoms with Crippen molar-refractivity contribution in [3.8, 4) is 28.5 Å². The number of aromatic nitrogens is 4. The predicted molar refractivity (Wildman–Crippen MR) is 109 cm³/mol. The zero-order valence-electron chi connectivity index (χ0n) is 16.6. The Morgan fingerprint density at radius 3 is 2.66 bits per heavy atom. The molecule has 5 rings (SSSR count). The number of benzene rings is 1. The summed E-state index contributed by atoms with van der Waals surface area (Å²) in [5.74, 6) is -0.813. The average molecular weight is 437 g/mol. The SMILES string of the molecule is N#Cc1nc(-c2ccc3cccnc3c2)c(-c2cnn(CC3(C(F)(F)F)CC3)c2)cc1F. The minimum absolute atomic E-state index is 0.0636. The van der Waals surface area contributed by atoms with Gasteiger partial charge in [0.2, 0.25) is 0 Å². The van der Waals surface area contributed by atoms with Gasteiger partial charge in [-0.15, -0.1) is 0 Å². The molecule has 0 radical (unpaired) electrons. The molecule has 1 aliphatic rings. The fraction of sp³-hybridized carbons (Fsp3) is 0.217. The molecule has 1 fully saturated rings. The van der Waals surface area contributed by atoms with Crippen molar-refractivity contribution < 1.29 is 17.6 Å². The molecule has 1 saturated carbocycles. The van der Waals surface area contributed by atoms with E-state index in [1.54, 1.807) is 30.5 Å². The second kappa shape index (κ2) is 7.12. The number of nitriles is 1. The van der Waals surface area contributed by atoms with E-state index in [2.05, 4.69) is 15.1 Å². The van der Waals surface area contributed by atoms with Crippen molar-refractivity contribution in [3.05, 3.63) is 66.5 Å². The molecule has 0 amide bonds. The average Bonchev–Trinajstić information content (AvgIpc) is 3.43. The van der Waals surface area contributed by atoms with Crippen molar-refractivity contribution in [2.75, 3.05) is 0 Å². The summed E-state index contributed by atoms with van der Waals surface area (Å²) in [6.07, 6.45) is 0.311. The number of hydrogen-bond donors (Lipinski definition) is 0. The van der Waals surface area contributed by atoms with E-state index in [9.17, 15) is 22.8 Å². The predicted octanol–water partition coefficient (Wildman–Crippen LogP) is 5.51. The van der Waals surface area contributed by atoms with Crippen molar-refractivity contribution >= 4 is 10.9 Å². The van der Waals surface area contributed by atoms with E-state index >= 15 is 0 Å². The van der Waals surface area contributed by atoms with Gasteiger partial charge in [0.1, 0.15) is 6.07 Å². The first-order valence-electron chi connectivity index (χ1n) is 9.85. The highest BCUT2D eigenvalue weighted by Gasteiger charge is 2.63. The zero-order chi connectivity index (χ0) is 22.5. The van der Waals surface area contributed by atoms with Gasteiger partial charge in [-0.3, -0.25) is 9.67 Å². The Morgan fingerprint density at radius 2 is 1.94 bits per heavy atom. The monoisotopic (exact) mass is 437 g/mol. The van der Waals surface area contributed by atoms with Gasteiger partial charge < -0.3 is 0 Å². The summed E-state index contributed by atoms with van der Waals surface area (Å²) in [5, 5.41) is 14.2. The first-order valence-corrected chi connectivity index (χ1v) is 9.85. The summed E-state index contributed by atoms with van der Waals surface area (Å²) < 4.78 is 55.7. The summed E-state index contributed by atoms with van der Waals surface area (Å²) in [4.78, 5) is 8.51. The van der Waals surface area contributed by atoms with E-state index < -0.39 is 17.4 Å². The molecule has 4 aromatic rings. The van der Waals surface area contributed by atoms with E-state index in [1.807, 2.05) is 12.1 Å². The van der Waals surface area contributed by atoms with E-state index in [1.165, 1.54) is 23.1 Å². The summed E-state index contributed by atoms with van der Waals surface area (Å²) in [6.45, 7) is -0.294. The van der Waals surface area contributed by atoms with Crippen LogP contribution in [0.5, 0.6) is 0 Å². The first kappa shape index (κ1) is 20.1. The maximum atomic E-state index is 14.5. The third kappa shape index (κ3) is 3.38. The summed E-state index contributed by atoms with van der Waals surface area (Å²) in [5.41, 5.74) is 0.242. The Hall–Kier alpha value is -3.80. The molecule has 3 heterocycles. The third-order valence-corrected chi connectivity index (χ3v) is 5.83. The number of hydrogen-bond acceptors (Lipinski definition) is 4. The van der Waals surface area contributed by atoms with Crippen LogP contribution in [0.1, 0.15) is 18.5 Å². The lowest BCUT2D eigenvalue weighted by atomic mass is 9.99. The van der Waals surface area contributed by atoms with Crippen LogP contribution in [0.15, 0.2) is 55.0 Å². The van der Waals surface area contributed by atoms with Gasteiger partial charge in [-0.05, 0) is 31.0 Å². The molecule has 5 nitrogen and oxygen atoms in total. The molecule has 0 spiro atoms. The molecule has 0 N–H and O–H groups in total. The van der Waals surface area contributed by atoms with Crippen molar-refractivity contribution in [2.24, 2.45) is 5.41 Å². The Morgan fingerprint density at radius 1 is 1.12 bits per heavy atom. The van der Waals surface area contributed by atoms with E-state index in [0.29, 0.717) is 27.9 Å². The van der Waals surface area contributed by atoms with Crippen LogP contribution in [-0.2, 0) is 6.54 Å². The largest absolute Gasteiger partial charge is 0.396 e. The number of fused-ring (bicyclic) bond motifs is 1. The quantitative estimate of drug-likeness (QED) is 0.395. The molecular weight excluding hydrogens is 422 g/mol. The van der Waals surface area contributed by atoms with Crippen LogP contribution in [-0.4, -0.2) is 25.9 Å². The molecule has 3 aromatic heterocycles. The van der Waals surface area contributed by atoms with Crippen molar-refractivity contribution in [2.45, 2.75) is 25.6 Å². The molecule has 1 aliphatic carbocycles. The second-order valence-electron chi connectivity index (χ2n) is 7.94. The lowest BCUT2D eigenvalue weighted by Crippen LogP contribution is -2.29. The maximum Gasteiger partial charge on any atom is 0.396 e. The Balaban J connectivity index is 1.59. The standard InChI is InChI=1S/C23H15F4N5/c24-18-9-17(16-11-30-32(12-16)13-22(5-6-22)23(25,26)27)21(31-20(18)10-28)15-4-3-14-2-1-7-29-19(14)8-15/h1-4,7-9,11-12H,5-6,13H2. The van der Waals surface area contributed by atoms with E-state index in [-0.39, 0.29) is 25.1 Å². The lowest BCUT2D eigenvalue weighted by Gasteiger charge is -2.18. The molecular formula is C23H15F4N5. The lowest BCUT2D eigenvalue weighted by molar-refractivity contribution is -0.191. The zero-order valence-corrected chi connectivity index (χ0v) is 16.6. The second-order valence-corrected chi connectivity index (χ2v) is 7.94. The van der Waals surface area contributed by atoms with Crippen molar-refractivity contribution in [3.63, 3.8) is 0 Å². The van der Waals surface area contributed by atoms with Gasteiger partial charge >= 0.3 is 6.18 Å². The fourth-order valence-electron chi connectivity index (χ4n) is 3.80. The van der Waals surface area contributed by atoms with Crippen LogP contribution in [0.3, 0.4) is 0 Å². The van der Waals surface area contributed by atoms with Gasteiger partial charge in [0.25, 0.3) is 0 Å². The summed E-state index contributed by atoms with van der Waals surface area (Å²) in [6, 6.07) is 12.0. The molecule has 0 bridgehead atoms. The van der Waals surface area contributed by atoms with Gasteiger partial charge in [0.05, 0.1) is 29.4 Å². The highest BCUT2D eigenvalue weighted by Crippen LogP contribution is 2.58. The number of rotatable bonds is 4. The van der Waals surface area contributed by atoms with E-state index in [0.717, 1.165) is 5.39 Å². The van der Waals surface area contributed by atoms with Gasteiger partial charge in [0, 0.05) is 34.5 Å². The number of nitrogens with zero attached hydrogens (tertiary/aromatic N) is 5. The highest BCUT2D eigenvalue weighted by molar-refractivity contribution is 5.87. The normalized spacial score (nSPS) is 15.0. The van der Waals surface area contributed by atoms with Crippen molar-refractivity contribution in [1.29, 1.82) is 5.26 Å². The van der Waals surface area contributed by atoms with Gasteiger partial charge in [0.15, 0.2) is 11.5 Å². The minimum Gasteiger partial charge on any atom is -0.271 e. The summed E-state index contributed by atoms with van der Waals surface area (Å²) >= 11 is 0. The third-order valence-electron chi connectivity index (χ3n) is 5.83. The van der Waals surface area contributed by atoms with Crippen LogP contribution in [0.2, 0.25) is 0 Å². The maximum absolute atomic E-state index is 14.5. The molecule has 32 heavy (non-hydrogen) atoms. The number of pyridine rings is 2. The molecule has 0 unspecified atom stereocenters. The molecule has 0 saturated heterocycles. The molecule has 160 valence electrons. The van der Waals surface area contributed by atoms with Crippen LogP contribution in [0, 0.1) is 22.6 Å². The number of alkyl halides is 3. The van der Waals surface area contributed by atoms with Crippen molar-refractivity contribution in [1.82, 2.24) is 19.7 Å². The number of halogens is 4. The first-order chi connectivity index (χ1) is 15.3. The molecule has 0 aliphatic heterocycles. The topological polar surface area (TPSA) is 67.4 Å². The van der Waals surface area contributed by atoms with Crippen LogP contribution in [0.4, 0.5) is 17.6 Å². The smallest absolute Gasteiger partial charge is 0.271 e. The Kier molecular flexibility index (Phi) is 4.48. The van der Waals surface area contributed by atoms with Crippen LogP contribution >= 0.6 is 0 Å². The molecule has 1 aromatic carbocycles.